The van der Waals surface area contributed by atoms with Crippen molar-refractivity contribution >= 4 is 5.91 Å². The van der Waals surface area contributed by atoms with E-state index in [0.717, 1.165) is 0 Å². The maximum atomic E-state index is 12.6. The summed E-state index contributed by atoms with van der Waals surface area (Å²) in [6, 6.07) is -0.520. The zero-order valence-corrected chi connectivity index (χ0v) is 8.09. The van der Waals surface area contributed by atoms with Gasteiger partial charge in [0.1, 0.15) is 0 Å². The number of amides is 1. The molecule has 1 aliphatic heterocycles. The van der Waals surface area contributed by atoms with Crippen molar-refractivity contribution < 1.29 is 13.6 Å². The van der Waals surface area contributed by atoms with Crippen LogP contribution in [0.3, 0.4) is 0 Å². The third kappa shape index (κ3) is 1.39. The molecule has 3 nitrogen and oxygen atoms in total. The summed E-state index contributed by atoms with van der Waals surface area (Å²) in [5.41, 5.74) is 5.12. The van der Waals surface area contributed by atoms with Gasteiger partial charge in [0.15, 0.2) is 0 Å². The van der Waals surface area contributed by atoms with Gasteiger partial charge in [0.05, 0.1) is 6.04 Å². The van der Waals surface area contributed by atoms with Gasteiger partial charge in [-0.25, -0.2) is 8.78 Å². The number of nitrogens with zero attached hydrogens (tertiary/aromatic N) is 1. The van der Waals surface area contributed by atoms with Crippen LogP contribution in [0.4, 0.5) is 8.78 Å². The van der Waals surface area contributed by atoms with Crippen LogP contribution < -0.4 is 5.73 Å². The molecule has 1 amide bonds. The number of carbonyl (C=O) groups excluding carboxylic acids is 1. The lowest BCUT2D eigenvalue weighted by Gasteiger charge is -2.58. The monoisotopic (exact) mass is 204 g/mol. The third-order valence-electron chi connectivity index (χ3n) is 3.02. The molecular weight excluding hydrogens is 190 g/mol. The second kappa shape index (κ2) is 2.66. The maximum absolute atomic E-state index is 12.6. The molecule has 1 heterocycles. The van der Waals surface area contributed by atoms with E-state index in [9.17, 15) is 13.6 Å². The zero-order chi connectivity index (χ0) is 10.6. The van der Waals surface area contributed by atoms with E-state index in [0.29, 0.717) is 13.1 Å². The van der Waals surface area contributed by atoms with Crippen LogP contribution in [0.5, 0.6) is 0 Å². The average Bonchev–Trinajstić information content (AvgIpc) is 1.93. The van der Waals surface area contributed by atoms with Crippen molar-refractivity contribution in [3.63, 3.8) is 0 Å². The molecule has 0 unspecified atom stereocenters. The van der Waals surface area contributed by atoms with Crippen molar-refractivity contribution in [2.45, 2.75) is 31.7 Å². The topological polar surface area (TPSA) is 46.3 Å². The number of likely N-dealkylation sites (tertiary alicyclic amines) is 1. The summed E-state index contributed by atoms with van der Waals surface area (Å²) >= 11 is 0. The summed E-state index contributed by atoms with van der Waals surface area (Å²) in [6.45, 7) is 2.54. The van der Waals surface area contributed by atoms with E-state index in [1.807, 2.05) is 0 Å². The number of alkyl halides is 2. The zero-order valence-electron chi connectivity index (χ0n) is 8.09. The van der Waals surface area contributed by atoms with E-state index in [1.165, 1.54) is 0 Å². The fourth-order valence-electron chi connectivity index (χ4n) is 2.48. The first-order valence-electron chi connectivity index (χ1n) is 4.76. The predicted octanol–water partition coefficient (Wildman–Crippen LogP) is 0.591. The Morgan fingerprint density at radius 1 is 1.43 bits per heavy atom. The van der Waals surface area contributed by atoms with Gasteiger partial charge in [-0.05, 0) is 6.92 Å². The minimum Gasteiger partial charge on any atom is -0.340 e. The van der Waals surface area contributed by atoms with Gasteiger partial charge in [0, 0.05) is 31.3 Å². The highest BCUT2D eigenvalue weighted by atomic mass is 19.3. The van der Waals surface area contributed by atoms with Crippen LogP contribution >= 0.6 is 0 Å². The van der Waals surface area contributed by atoms with Gasteiger partial charge in [0.25, 0.3) is 0 Å². The SMILES string of the molecule is C[C@@H](N)C(=O)N1CC2(C1)CC(F)(F)C2. The summed E-state index contributed by atoms with van der Waals surface area (Å²) in [4.78, 5) is 12.9. The third-order valence-corrected chi connectivity index (χ3v) is 3.02. The lowest BCUT2D eigenvalue weighted by atomic mass is 9.61. The highest BCUT2D eigenvalue weighted by Gasteiger charge is 2.62. The molecular formula is C9H14F2N2O. The number of rotatable bonds is 1. The summed E-state index contributed by atoms with van der Waals surface area (Å²) < 4.78 is 25.2. The van der Waals surface area contributed by atoms with E-state index in [-0.39, 0.29) is 24.2 Å². The van der Waals surface area contributed by atoms with Crippen LogP contribution in [0.25, 0.3) is 0 Å². The number of carbonyl (C=O) groups is 1. The van der Waals surface area contributed by atoms with Gasteiger partial charge >= 0.3 is 0 Å². The number of halogens is 2. The standard InChI is InChI=1S/C9H14F2N2O/c1-6(12)7(14)13-4-8(5-13)2-9(10,11)3-8/h6H,2-5,12H2,1H3/t6-/m1/s1. The molecule has 1 aliphatic carbocycles. The Balaban J connectivity index is 1.84. The molecule has 80 valence electrons. The first-order chi connectivity index (χ1) is 6.34. The molecule has 14 heavy (non-hydrogen) atoms. The number of hydrogen-bond donors (Lipinski definition) is 1. The lowest BCUT2D eigenvalue weighted by molar-refractivity contribution is -0.215. The Labute approximate surface area is 81.2 Å². The normalized spacial score (nSPS) is 29.3. The molecule has 1 spiro atoms. The fraction of sp³-hybridized carbons (Fsp3) is 0.889. The van der Waals surface area contributed by atoms with Crippen molar-refractivity contribution in [3.8, 4) is 0 Å². The van der Waals surface area contributed by atoms with Crippen LogP contribution in [-0.2, 0) is 4.79 Å². The van der Waals surface area contributed by atoms with Crippen molar-refractivity contribution in [1.82, 2.24) is 4.90 Å². The van der Waals surface area contributed by atoms with E-state index in [1.54, 1.807) is 11.8 Å². The molecule has 2 aliphatic rings. The molecule has 2 rings (SSSR count). The van der Waals surface area contributed by atoms with E-state index in [4.69, 9.17) is 5.73 Å². The molecule has 0 radical (unpaired) electrons. The van der Waals surface area contributed by atoms with E-state index >= 15 is 0 Å². The molecule has 0 aromatic carbocycles. The molecule has 1 saturated heterocycles. The summed E-state index contributed by atoms with van der Waals surface area (Å²) in [5, 5.41) is 0. The van der Waals surface area contributed by atoms with Crippen molar-refractivity contribution in [3.05, 3.63) is 0 Å². The van der Waals surface area contributed by atoms with Crippen molar-refractivity contribution in [2.24, 2.45) is 11.1 Å². The average molecular weight is 204 g/mol. The van der Waals surface area contributed by atoms with Gasteiger partial charge in [-0.15, -0.1) is 0 Å². The molecule has 0 aromatic heterocycles. The minimum atomic E-state index is -2.50. The van der Waals surface area contributed by atoms with Crippen LogP contribution in [0.1, 0.15) is 19.8 Å². The Kier molecular flexibility index (Phi) is 1.86. The Morgan fingerprint density at radius 2 is 1.93 bits per heavy atom. The molecule has 1 saturated carbocycles. The summed E-state index contributed by atoms with van der Waals surface area (Å²) in [5.74, 6) is -2.63. The quantitative estimate of drug-likeness (QED) is 0.679. The summed E-state index contributed by atoms with van der Waals surface area (Å²) in [7, 11) is 0. The largest absolute Gasteiger partial charge is 0.340 e. The minimum absolute atomic E-state index is 0.0667. The van der Waals surface area contributed by atoms with Gasteiger partial charge in [-0.2, -0.15) is 0 Å². The van der Waals surface area contributed by atoms with Gasteiger partial charge < -0.3 is 10.6 Å². The van der Waals surface area contributed by atoms with Gasteiger partial charge in [-0.1, -0.05) is 0 Å². The van der Waals surface area contributed by atoms with Gasteiger partial charge in [0.2, 0.25) is 11.8 Å². The Hall–Kier alpha value is -0.710. The maximum Gasteiger partial charge on any atom is 0.249 e. The Morgan fingerprint density at radius 3 is 2.29 bits per heavy atom. The highest BCUT2D eigenvalue weighted by Crippen LogP contribution is 2.56. The first kappa shape index (κ1) is 9.83. The number of hydrogen-bond acceptors (Lipinski definition) is 2. The van der Waals surface area contributed by atoms with Crippen LogP contribution in [0.15, 0.2) is 0 Å². The number of nitrogens with two attached hydrogens (primary N) is 1. The van der Waals surface area contributed by atoms with Crippen LogP contribution in [0, 0.1) is 5.41 Å². The fourth-order valence-corrected chi connectivity index (χ4v) is 2.48. The molecule has 0 bridgehead atoms. The smallest absolute Gasteiger partial charge is 0.249 e. The highest BCUT2D eigenvalue weighted by molar-refractivity contribution is 5.82. The Bertz CT molecular complexity index is 262. The summed E-state index contributed by atoms with van der Waals surface area (Å²) in [6.07, 6.45) is -0.133. The lowest BCUT2D eigenvalue weighted by Crippen LogP contribution is -2.68. The van der Waals surface area contributed by atoms with Gasteiger partial charge in [-0.3, -0.25) is 4.79 Å². The van der Waals surface area contributed by atoms with Crippen molar-refractivity contribution in [1.29, 1.82) is 0 Å². The second-order valence-electron chi connectivity index (χ2n) is 4.69. The molecule has 2 N–H and O–H groups in total. The predicted molar refractivity (Wildman–Crippen MR) is 46.8 cm³/mol. The van der Waals surface area contributed by atoms with E-state index < -0.39 is 12.0 Å². The molecule has 5 heteroatoms. The van der Waals surface area contributed by atoms with Crippen LogP contribution in [0.2, 0.25) is 0 Å². The van der Waals surface area contributed by atoms with E-state index in [2.05, 4.69) is 0 Å². The molecule has 1 atom stereocenters. The van der Waals surface area contributed by atoms with Crippen LogP contribution in [-0.4, -0.2) is 35.9 Å². The first-order valence-corrected chi connectivity index (χ1v) is 4.76. The second-order valence-corrected chi connectivity index (χ2v) is 4.69. The molecule has 2 fully saturated rings. The van der Waals surface area contributed by atoms with Crippen molar-refractivity contribution in [2.75, 3.05) is 13.1 Å². The molecule has 0 aromatic rings.